The fraction of sp³-hybridized carbons (Fsp3) is 0. The summed E-state index contributed by atoms with van der Waals surface area (Å²) in [4.78, 5) is 37.4. The molecular weight excluding hydrogens is 479 g/mol. The molecule has 8 heteroatoms. The quantitative estimate of drug-likeness (QED) is 0.401. The summed E-state index contributed by atoms with van der Waals surface area (Å²) in [6, 6.07) is 9.16. The number of barbiturate groups is 1. The summed E-state index contributed by atoms with van der Waals surface area (Å²) in [5.41, 5.74) is 0.196. The number of nitrogens with one attached hydrogen (secondary N) is 1. The molecule has 0 unspecified atom stereocenters. The molecule has 23 heavy (non-hydrogen) atoms. The SMILES string of the molecule is O=C1NC(=O)N(c2ccc(Br)cc2)C(=O)/C1=C/c1ccc(I)o1. The van der Waals surface area contributed by atoms with Gasteiger partial charge in [-0.25, -0.2) is 9.69 Å². The highest BCUT2D eigenvalue weighted by molar-refractivity contribution is 14.1. The van der Waals surface area contributed by atoms with Crippen molar-refractivity contribution in [2.75, 3.05) is 4.90 Å². The number of hydrogen-bond acceptors (Lipinski definition) is 4. The Kier molecular flexibility index (Phi) is 4.35. The van der Waals surface area contributed by atoms with Gasteiger partial charge >= 0.3 is 6.03 Å². The number of imide groups is 2. The van der Waals surface area contributed by atoms with Gasteiger partial charge in [0.15, 0.2) is 3.77 Å². The molecule has 1 aromatic heterocycles. The van der Waals surface area contributed by atoms with Gasteiger partial charge < -0.3 is 4.42 Å². The lowest BCUT2D eigenvalue weighted by Crippen LogP contribution is -2.54. The van der Waals surface area contributed by atoms with Crippen LogP contribution in [0.5, 0.6) is 0 Å². The van der Waals surface area contributed by atoms with E-state index in [1.165, 1.54) is 6.08 Å². The molecule has 0 radical (unpaired) electrons. The Hall–Kier alpha value is -1.94. The summed E-state index contributed by atoms with van der Waals surface area (Å²) < 4.78 is 6.77. The highest BCUT2D eigenvalue weighted by Gasteiger charge is 2.36. The fourth-order valence-corrected chi connectivity index (χ4v) is 2.73. The van der Waals surface area contributed by atoms with Crippen LogP contribution in [0.25, 0.3) is 6.08 Å². The fourth-order valence-electron chi connectivity index (χ4n) is 2.03. The molecule has 116 valence electrons. The van der Waals surface area contributed by atoms with E-state index in [0.717, 1.165) is 9.37 Å². The summed E-state index contributed by atoms with van der Waals surface area (Å²) in [6.07, 6.45) is 1.32. The Balaban J connectivity index is 2.00. The molecule has 1 saturated heterocycles. The molecular formula is C15H8BrIN2O4. The van der Waals surface area contributed by atoms with Crippen molar-refractivity contribution < 1.29 is 18.8 Å². The molecule has 4 amide bonds. The summed E-state index contributed by atoms with van der Waals surface area (Å²) >= 11 is 5.26. The average molecular weight is 487 g/mol. The average Bonchev–Trinajstić information content (AvgIpc) is 2.91. The molecule has 1 aliphatic heterocycles. The molecule has 2 heterocycles. The zero-order valence-corrected chi connectivity index (χ0v) is 15.1. The van der Waals surface area contributed by atoms with Crippen LogP contribution in [0.1, 0.15) is 5.76 Å². The van der Waals surface area contributed by atoms with E-state index in [0.29, 0.717) is 15.2 Å². The summed E-state index contributed by atoms with van der Waals surface area (Å²) in [5.74, 6) is -1.09. The molecule has 1 N–H and O–H groups in total. The van der Waals surface area contributed by atoms with Gasteiger partial charge in [0.05, 0.1) is 5.69 Å². The number of benzene rings is 1. The second-order valence-electron chi connectivity index (χ2n) is 4.58. The van der Waals surface area contributed by atoms with Crippen molar-refractivity contribution in [3.8, 4) is 0 Å². The minimum Gasteiger partial charge on any atom is -0.451 e. The maximum absolute atomic E-state index is 12.6. The van der Waals surface area contributed by atoms with Crippen molar-refractivity contribution in [1.29, 1.82) is 0 Å². The van der Waals surface area contributed by atoms with Gasteiger partial charge in [-0.05, 0) is 65.1 Å². The first-order valence-corrected chi connectivity index (χ1v) is 8.25. The Bertz CT molecular complexity index is 841. The van der Waals surface area contributed by atoms with E-state index < -0.39 is 17.8 Å². The first-order valence-electron chi connectivity index (χ1n) is 6.38. The smallest absolute Gasteiger partial charge is 0.335 e. The van der Waals surface area contributed by atoms with Crippen LogP contribution in [-0.4, -0.2) is 17.8 Å². The number of furan rings is 1. The van der Waals surface area contributed by atoms with Crippen LogP contribution in [0.4, 0.5) is 10.5 Å². The first-order chi connectivity index (χ1) is 11.0. The van der Waals surface area contributed by atoms with Gasteiger partial charge in [-0.3, -0.25) is 14.9 Å². The van der Waals surface area contributed by atoms with Crippen LogP contribution in [0.15, 0.2) is 50.9 Å². The van der Waals surface area contributed by atoms with Crippen LogP contribution in [0, 0.1) is 3.77 Å². The number of amides is 4. The van der Waals surface area contributed by atoms with E-state index in [4.69, 9.17) is 4.42 Å². The number of carbonyl (C=O) groups excluding carboxylic acids is 3. The lowest BCUT2D eigenvalue weighted by molar-refractivity contribution is -0.122. The summed E-state index contributed by atoms with van der Waals surface area (Å²) in [7, 11) is 0. The number of urea groups is 1. The molecule has 0 spiro atoms. The Labute approximate surface area is 152 Å². The van der Waals surface area contributed by atoms with E-state index >= 15 is 0 Å². The number of hydrogen-bond donors (Lipinski definition) is 1. The van der Waals surface area contributed by atoms with E-state index in [1.54, 1.807) is 36.4 Å². The van der Waals surface area contributed by atoms with Crippen molar-refractivity contribution >= 4 is 68.1 Å². The van der Waals surface area contributed by atoms with Gasteiger partial charge in [0, 0.05) is 4.47 Å². The van der Waals surface area contributed by atoms with Gasteiger partial charge in [-0.2, -0.15) is 0 Å². The van der Waals surface area contributed by atoms with Gasteiger partial charge in [-0.1, -0.05) is 15.9 Å². The third kappa shape index (κ3) is 3.22. The minimum absolute atomic E-state index is 0.168. The highest BCUT2D eigenvalue weighted by Crippen LogP contribution is 2.24. The monoisotopic (exact) mass is 486 g/mol. The van der Waals surface area contributed by atoms with Crippen LogP contribution >= 0.6 is 38.5 Å². The van der Waals surface area contributed by atoms with Gasteiger partial charge in [-0.15, -0.1) is 0 Å². The van der Waals surface area contributed by atoms with Gasteiger partial charge in [0.2, 0.25) is 0 Å². The highest BCUT2D eigenvalue weighted by atomic mass is 127. The second kappa shape index (κ2) is 6.28. The summed E-state index contributed by atoms with van der Waals surface area (Å²) in [6.45, 7) is 0. The van der Waals surface area contributed by atoms with Gasteiger partial charge in [0.1, 0.15) is 11.3 Å². The molecule has 0 bridgehead atoms. The summed E-state index contributed by atoms with van der Waals surface area (Å²) in [5, 5.41) is 2.15. The third-order valence-corrected chi connectivity index (χ3v) is 4.18. The van der Waals surface area contributed by atoms with Crippen LogP contribution < -0.4 is 10.2 Å². The lowest BCUT2D eigenvalue weighted by atomic mass is 10.1. The number of nitrogens with zero attached hydrogens (tertiary/aromatic N) is 1. The number of anilines is 1. The molecule has 1 aliphatic rings. The first kappa shape index (κ1) is 15.9. The molecule has 0 saturated carbocycles. The van der Waals surface area contributed by atoms with E-state index in [1.807, 2.05) is 22.6 Å². The number of halogens is 2. The van der Waals surface area contributed by atoms with E-state index in [2.05, 4.69) is 21.2 Å². The third-order valence-electron chi connectivity index (χ3n) is 3.07. The minimum atomic E-state index is -0.784. The Morgan fingerprint density at radius 1 is 1.09 bits per heavy atom. The van der Waals surface area contributed by atoms with Crippen molar-refractivity contribution in [3.63, 3.8) is 0 Å². The number of carbonyl (C=O) groups is 3. The predicted molar refractivity (Wildman–Crippen MR) is 94.6 cm³/mol. The molecule has 0 aliphatic carbocycles. The maximum atomic E-state index is 12.6. The van der Waals surface area contributed by atoms with Crippen molar-refractivity contribution in [2.45, 2.75) is 0 Å². The van der Waals surface area contributed by atoms with Gasteiger partial charge in [0.25, 0.3) is 11.8 Å². The van der Waals surface area contributed by atoms with Crippen LogP contribution in [-0.2, 0) is 9.59 Å². The second-order valence-corrected chi connectivity index (χ2v) is 6.56. The standard InChI is InChI=1S/C15H8BrIN2O4/c16-8-1-3-9(4-2-8)19-14(21)11(13(20)18-15(19)22)7-10-5-6-12(17)23-10/h1-7H,(H,18,20,22)/b11-7+. The van der Waals surface area contributed by atoms with E-state index in [-0.39, 0.29) is 5.57 Å². The molecule has 1 aromatic carbocycles. The largest absolute Gasteiger partial charge is 0.451 e. The molecule has 1 fully saturated rings. The zero-order valence-electron chi connectivity index (χ0n) is 11.4. The zero-order chi connectivity index (χ0) is 16.6. The van der Waals surface area contributed by atoms with Crippen LogP contribution in [0.2, 0.25) is 0 Å². The molecule has 2 aromatic rings. The number of rotatable bonds is 2. The van der Waals surface area contributed by atoms with E-state index in [9.17, 15) is 14.4 Å². The van der Waals surface area contributed by atoms with Crippen LogP contribution in [0.3, 0.4) is 0 Å². The Morgan fingerprint density at radius 3 is 2.39 bits per heavy atom. The van der Waals surface area contributed by atoms with Crippen molar-refractivity contribution in [2.24, 2.45) is 0 Å². The van der Waals surface area contributed by atoms with Crippen molar-refractivity contribution in [1.82, 2.24) is 5.32 Å². The predicted octanol–water partition coefficient (Wildman–Crippen LogP) is 3.31. The molecule has 0 atom stereocenters. The topological polar surface area (TPSA) is 79.6 Å². The molecule has 6 nitrogen and oxygen atoms in total. The van der Waals surface area contributed by atoms with Crippen molar-refractivity contribution in [3.05, 3.63) is 56.0 Å². The lowest BCUT2D eigenvalue weighted by Gasteiger charge is -2.26. The molecule has 3 rings (SSSR count). The Morgan fingerprint density at radius 2 is 1.78 bits per heavy atom. The maximum Gasteiger partial charge on any atom is 0.335 e. The normalized spacial score (nSPS) is 16.9.